The van der Waals surface area contributed by atoms with Crippen LogP contribution in [0.2, 0.25) is 0 Å². The average molecular weight is 407 g/mol. The maximum absolute atomic E-state index is 13.0. The summed E-state index contributed by atoms with van der Waals surface area (Å²) in [6, 6.07) is 9.22. The Hall–Kier alpha value is -3.41. The first kappa shape index (κ1) is 19.9. The van der Waals surface area contributed by atoms with Gasteiger partial charge in [-0.2, -0.15) is 0 Å². The van der Waals surface area contributed by atoms with Gasteiger partial charge in [0.1, 0.15) is 5.75 Å². The van der Waals surface area contributed by atoms with Gasteiger partial charge in [-0.25, -0.2) is 4.79 Å². The van der Waals surface area contributed by atoms with Crippen LogP contribution in [0.25, 0.3) is 22.4 Å². The minimum Gasteiger partial charge on any atom is -0.508 e. The molecule has 0 fully saturated rings. The Morgan fingerprint density at radius 3 is 2.47 bits per heavy atom. The minimum atomic E-state index is -0.393. The molecular formula is C24H25NO5. The maximum Gasteiger partial charge on any atom is 0.340 e. The Bertz CT molecular complexity index is 1160. The van der Waals surface area contributed by atoms with Gasteiger partial charge < -0.3 is 23.9 Å². The average Bonchev–Trinajstić information content (AvgIpc) is 3.06. The highest BCUT2D eigenvalue weighted by atomic mass is 16.5. The van der Waals surface area contributed by atoms with Gasteiger partial charge in [-0.3, -0.25) is 0 Å². The van der Waals surface area contributed by atoms with Crippen LogP contribution in [0.5, 0.6) is 17.2 Å². The molecule has 1 N–H and O–H groups in total. The van der Waals surface area contributed by atoms with Crippen molar-refractivity contribution in [2.45, 2.75) is 26.8 Å². The number of hydrogen-bond acceptors (Lipinski definition) is 5. The lowest BCUT2D eigenvalue weighted by atomic mass is 9.92. The van der Waals surface area contributed by atoms with Gasteiger partial charge in [0.2, 0.25) is 0 Å². The van der Waals surface area contributed by atoms with Crippen molar-refractivity contribution in [3.63, 3.8) is 0 Å². The molecule has 30 heavy (non-hydrogen) atoms. The van der Waals surface area contributed by atoms with Crippen LogP contribution in [0.4, 0.5) is 0 Å². The van der Waals surface area contributed by atoms with Crippen LogP contribution in [-0.4, -0.2) is 37.0 Å². The molecule has 1 aliphatic heterocycles. The SMILES string of the molecule is COC(=O)c1c(-c2ccc(O)c(C)c2)c(C)n2c1-c1ccc(OC)c(OC)c1CC2. The number of fused-ring (bicyclic) bond motifs is 3. The van der Waals surface area contributed by atoms with Crippen LogP contribution >= 0.6 is 0 Å². The smallest absolute Gasteiger partial charge is 0.340 e. The van der Waals surface area contributed by atoms with Crippen LogP contribution in [0.3, 0.4) is 0 Å². The van der Waals surface area contributed by atoms with E-state index in [4.69, 9.17) is 14.2 Å². The second-order valence-electron chi connectivity index (χ2n) is 7.41. The van der Waals surface area contributed by atoms with E-state index in [1.54, 1.807) is 20.3 Å². The van der Waals surface area contributed by atoms with E-state index in [0.29, 0.717) is 23.6 Å². The van der Waals surface area contributed by atoms with E-state index in [2.05, 4.69) is 4.57 Å². The largest absolute Gasteiger partial charge is 0.508 e. The normalized spacial score (nSPS) is 12.2. The standard InChI is InChI=1S/C24H25NO5/c1-13-12-15(6-8-18(13)26)20-14(2)25-11-10-17-16(22(25)21(20)24(27)30-5)7-9-19(28-3)23(17)29-4/h6-9,12,26H,10-11H2,1-5H3. The van der Waals surface area contributed by atoms with E-state index in [-0.39, 0.29) is 5.75 Å². The van der Waals surface area contributed by atoms with Crippen LogP contribution < -0.4 is 9.47 Å². The summed E-state index contributed by atoms with van der Waals surface area (Å²) < 4.78 is 18.5. The van der Waals surface area contributed by atoms with E-state index < -0.39 is 5.97 Å². The molecule has 0 bridgehead atoms. The van der Waals surface area contributed by atoms with Gasteiger partial charge in [0.25, 0.3) is 0 Å². The second kappa shape index (κ2) is 7.44. The summed E-state index contributed by atoms with van der Waals surface area (Å²) in [6.45, 7) is 4.56. The van der Waals surface area contributed by atoms with E-state index in [1.165, 1.54) is 7.11 Å². The van der Waals surface area contributed by atoms with Gasteiger partial charge in [0, 0.05) is 28.9 Å². The Morgan fingerprint density at radius 1 is 1.07 bits per heavy atom. The summed E-state index contributed by atoms with van der Waals surface area (Å²) in [4.78, 5) is 13.0. The maximum atomic E-state index is 13.0. The zero-order valence-electron chi connectivity index (χ0n) is 17.8. The van der Waals surface area contributed by atoms with Crippen LogP contribution in [0, 0.1) is 13.8 Å². The van der Waals surface area contributed by atoms with Crippen molar-refractivity contribution < 1.29 is 24.1 Å². The zero-order valence-corrected chi connectivity index (χ0v) is 17.8. The molecule has 0 radical (unpaired) electrons. The van der Waals surface area contributed by atoms with E-state index in [1.807, 2.05) is 38.1 Å². The highest BCUT2D eigenvalue weighted by Gasteiger charge is 2.33. The Balaban J connectivity index is 2.06. The Labute approximate surface area is 175 Å². The van der Waals surface area contributed by atoms with Crippen molar-refractivity contribution in [3.8, 4) is 39.6 Å². The van der Waals surface area contributed by atoms with E-state index in [9.17, 15) is 9.90 Å². The molecule has 2 heterocycles. The monoisotopic (exact) mass is 407 g/mol. The predicted octanol–water partition coefficient (Wildman–Crippen LogP) is 4.50. The number of benzene rings is 2. The van der Waals surface area contributed by atoms with Crippen molar-refractivity contribution in [1.29, 1.82) is 0 Å². The Kier molecular flexibility index (Phi) is 4.94. The van der Waals surface area contributed by atoms with Gasteiger partial charge in [0.05, 0.1) is 32.6 Å². The van der Waals surface area contributed by atoms with Gasteiger partial charge in [-0.1, -0.05) is 6.07 Å². The number of aromatic nitrogens is 1. The molecule has 0 amide bonds. The molecule has 0 spiro atoms. The fraction of sp³-hybridized carbons (Fsp3) is 0.292. The number of carbonyl (C=O) groups is 1. The molecule has 0 atom stereocenters. The number of phenols is 1. The fourth-order valence-electron chi connectivity index (χ4n) is 4.45. The number of aryl methyl sites for hydroxylation is 1. The first-order valence-electron chi connectivity index (χ1n) is 9.78. The lowest BCUT2D eigenvalue weighted by Gasteiger charge is -2.24. The molecule has 1 aliphatic rings. The first-order chi connectivity index (χ1) is 14.4. The number of aromatic hydroxyl groups is 1. The highest BCUT2D eigenvalue weighted by molar-refractivity contribution is 6.05. The third kappa shape index (κ3) is 2.83. The number of esters is 1. The molecule has 3 aromatic rings. The summed E-state index contributed by atoms with van der Waals surface area (Å²) >= 11 is 0. The molecule has 4 rings (SSSR count). The lowest BCUT2D eigenvalue weighted by Crippen LogP contribution is -2.15. The number of carbonyl (C=O) groups excluding carboxylic acids is 1. The summed E-state index contributed by atoms with van der Waals surface area (Å²) in [6.07, 6.45) is 0.757. The summed E-state index contributed by atoms with van der Waals surface area (Å²) in [7, 11) is 4.64. The fourth-order valence-corrected chi connectivity index (χ4v) is 4.45. The van der Waals surface area contributed by atoms with Crippen molar-refractivity contribution in [3.05, 3.63) is 52.7 Å². The quantitative estimate of drug-likeness (QED) is 0.645. The molecular weight excluding hydrogens is 382 g/mol. The van der Waals surface area contributed by atoms with Crippen molar-refractivity contribution in [2.24, 2.45) is 0 Å². The van der Waals surface area contributed by atoms with Gasteiger partial charge in [-0.15, -0.1) is 0 Å². The predicted molar refractivity (Wildman–Crippen MR) is 115 cm³/mol. The van der Waals surface area contributed by atoms with Crippen molar-refractivity contribution in [2.75, 3.05) is 21.3 Å². The molecule has 6 nitrogen and oxygen atoms in total. The Morgan fingerprint density at radius 2 is 1.83 bits per heavy atom. The third-order valence-electron chi connectivity index (χ3n) is 5.89. The number of rotatable bonds is 4. The molecule has 0 saturated carbocycles. The van der Waals surface area contributed by atoms with Gasteiger partial charge >= 0.3 is 5.97 Å². The van der Waals surface area contributed by atoms with Crippen molar-refractivity contribution in [1.82, 2.24) is 4.57 Å². The van der Waals surface area contributed by atoms with Crippen molar-refractivity contribution >= 4 is 5.97 Å². The van der Waals surface area contributed by atoms with E-state index in [0.717, 1.165) is 45.6 Å². The molecule has 6 heteroatoms. The summed E-state index contributed by atoms with van der Waals surface area (Å²) in [5.74, 6) is 1.19. The first-order valence-corrected chi connectivity index (χ1v) is 9.78. The van der Waals surface area contributed by atoms with Crippen LogP contribution in [-0.2, 0) is 17.7 Å². The molecule has 0 saturated heterocycles. The minimum absolute atomic E-state index is 0.224. The number of nitrogens with zero attached hydrogens (tertiary/aromatic N) is 1. The second-order valence-corrected chi connectivity index (χ2v) is 7.41. The van der Waals surface area contributed by atoms with Crippen LogP contribution in [0.15, 0.2) is 30.3 Å². The summed E-state index contributed by atoms with van der Waals surface area (Å²) in [5, 5.41) is 9.96. The topological polar surface area (TPSA) is 69.9 Å². The highest BCUT2D eigenvalue weighted by Crippen LogP contribution is 2.46. The molecule has 0 unspecified atom stereocenters. The number of hydrogen-bond donors (Lipinski definition) is 1. The van der Waals surface area contributed by atoms with E-state index >= 15 is 0 Å². The lowest BCUT2D eigenvalue weighted by molar-refractivity contribution is 0.0602. The number of phenolic OH excluding ortho intramolecular Hbond substituents is 1. The zero-order chi connectivity index (χ0) is 21.6. The third-order valence-corrected chi connectivity index (χ3v) is 5.89. The molecule has 0 aliphatic carbocycles. The van der Waals surface area contributed by atoms with Crippen LogP contribution in [0.1, 0.15) is 27.2 Å². The number of methoxy groups -OCH3 is 3. The van der Waals surface area contributed by atoms with Gasteiger partial charge in [0.15, 0.2) is 11.5 Å². The molecule has 1 aromatic heterocycles. The molecule has 156 valence electrons. The summed E-state index contributed by atoms with van der Waals surface area (Å²) in [5.41, 5.74) is 6.71. The number of ether oxygens (including phenoxy) is 3. The van der Waals surface area contributed by atoms with Gasteiger partial charge in [-0.05, 0) is 55.7 Å². The molecule has 2 aromatic carbocycles.